The molecule has 2 unspecified atom stereocenters. The van der Waals surface area contributed by atoms with Crippen molar-refractivity contribution in [3.05, 3.63) is 71.3 Å². The second kappa shape index (κ2) is 6.88. The smallest absolute Gasteiger partial charge is 0.00349 e. The molecule has 0 aromatic heterocycles. The molecule has 2 aromatic carbocycles. The van der Waals surface area contributed by atoms with Crippen molar-refractivity contribution in [1.29, 1.82) is 0 Å². The highest BCUT2D eigenvalue weighted by molar-refractivity contribution is 7.89. The number of hydrogen-bond acceptors (Lipinski definition) is 0. The summed E-state index contributed by atoms with van der Waals surface area (Å²) in [6.07, 6.45) is 1.19. The summed E-state index contributed by atoms with van der Waals surface area (Å²) in [7, 11) is -0.353. The molecule has 0 radical (unpaired) electrons. The van der Waals surface area contributed by atoms with Crippen LogP contribution in [-0.4, -0.2) is 5.90 Å². The Bertz CT molecular complexity index is 681. The molecule has 0 saturated heterocycles. The van der Waals surface area contributed by atoms with Gasteiger partial charge in [0, 0.05) is 5.90 Å². The van der Waals surface area contributed by atoms with E-state index < -0.39 is 0 Å². The van der Waals surface area contributed by atoms with Gasteiger partial charge in [-0.1, -0.05) is 88.4 Å². The lowest BCUT2D eigenvalue weighted by atomic mass is 9.95. The van der Waals surface area contributed by atoms with Crippen LogP contribution in [0.4, 0.5) is 0 Å². The summed E-state index contributed by atoms with van der Waals surface area (Å²) in [5.74, 6) is 1.34. The van der Waals surface area contributed by atoms with Gasteiger partial charge in [-0.3, -0.25) is 0 Å². The SMILES string of the molecule is CCC1=C(C(C)(C)C)P(c2ccccc2)CP1c1ccccc1. The minimum absolute atomic E-state index is 0.162. The van der Waals surface area contributed by atoms with Gasteiger partial charge >= 0.3 is 0 Å². The monoisotopic (exact) mass is 340 g/mol. The first kappa shape index (κ1) is 16.9. The van der Waals surface area contributed by atoms with Crippen LogP contribution in [-0.2, 0) is 0 Å². The summed E-state index contributed by atoms with van der Waals surface area (Å²) < 4.78 is 0. The average molecular weight is 340 g/mol. The van der Waals surface area contributed by atoms with Crippen LogP contribution >= 0.6 is 15.8 Å². The summed E-state index contributed by atoms with van der Waals surface area (Å²) >= 11 is 0. The summed E-state index contributed by atoms with van der Waals surface area (Å²) in [4.78, 5) is 0. The molecule has 0 aliphatic carbocycles. The van der Waals surface area contributed by atoms with Gasteiger partial charge in [0.25, 0.3) is 0 Å². The summed E-state index contributed by atoms with van der Waals surface area (Å²) in [5, 5.41) is 6.63. The highest BCUT2D eigenvalue weighted by Crippen LogP contribution is 2.71. The second-order valence-corrected chi connectivity index (χ2v) is 11.9. The normalized spacial score (nSPS) is 21.7. The largest absolute Gasteiger partial charge is 0.0622 e. The number of benzene rings is 2. The molecule has 2 atom stereocenters. The standard InChI is InChI=1S/C21H26P2/c1-5-19-20(21(2,3)4)23(18-14-10-7-11-15-18)16-22(19)17-12-8-6-9-13-17/h6-15H,5,16H2,1-4H3. The van der Waals surface area contributed by atoms with E-state index in [1.807, 2.05) is 0 Å². The van der Waals surface area contributed by atoms with Gasteiger partial charge in [-0.15, -0.1) is 0 Å². The Morgan fingerprint density at radius 1 is 0.783 bits per heavy atom. The molecular weight excluding hydrogens is 314 g/mol. The molecule has 0 bridgehead atoms. The highest BCUT2D eigenvalue weighted by Gasteiger charge is 2.38. The first-order chi connectivity index (χ1) is 11.0. The van der Waals surface area contributed by atoms with E-state index in [0.29, 0.717) is 0 Å². The zero-order valence-electron chi connectivity index (χ0n) is 14.6. The van der Waals surface area contributed by atoms with Gasteiger partial charge in [-0.05, 0) is 48.9 Å². The van der Waals surface area contributed by atoms with Crippen LogP contribution in [0, 0.1) is 5.41 Å². The van der Waals surface area contributed by atoms with E-state index in [0.717, 1.165) is 0 Å². The van der Waals surface area contributed by atoms with E-state index in [-0.39, 0.29) is 21.3 Å². The van der Waals surface area contributed by atoms with Crippen molar-refractivity contribution in [3.8, 4) is 0 Å². The Morgan fingerprint density at radius 3 is 1.70 bits per heavy atom. The molecule has 0 spiro atoms. The maximum atomic E-state index is 2.40. The zero-order valence-corrected chi connectivity index (χ0v) is 16.4. The quantitative estimate of drug-likeness (QED) is 0.580. The fourth-order valence-corrected chi connectivity index (χ4v) is 11.7. The van der Waals surface area contributed by atoms with Crippen LogP contribution in [0.1, 0.15) is 34.1 Å². The Morgan fingerprint density at radius 2 is 1.26 bits per heavy atom. The Balaban J connectivity index is 2.11. The molecular formula is C21H26P2. The number of allylic oxidation sites excluding steroid dienone is 2. The molecule has 1 heterocycles. The molecule has 0 N–H and O–H groups in total. The molecule has 120 valence electrons. The predicted octanol–water partition coefficient (Wildman–Crippen LogP) is 6.24. The van der Waals surface area contributed by atoms with Crippen LogP contribution in [0.25, 0.3) is 0 Å². The summed E-state index contributed by atoms with van der Waals surface area (Å²) in [6.45, 7) is 9.56. The molecule has 0 saturated carbocycles. The minimum Gasteiger partial charge on any atom is -0.0622 e. The molecule has 0 fully saturated rings. The van der Waals surface area contributed by atoms with Gasteiger partial charge in [0.05, 0.1) is 0 Å². The first-order valence-electron chi connectivity index (χ1n) is 8.41. The fourth-order valence-electron chi connectivity index (χ4n) is 3.44. The highest BCUT2D eigenvalue weighted by atomic mass is 31.2. The van der Waals surface area contributed by atoms with Gasteiger partial charge in [0.2, 0.25) is 0 Å². The third kappa shape index (κ3) is 3.45. The van der Waals surface area contributed by atoms with E-state index in [1.165, 1.54) is 12.3 Å². The van der Waals surface area contributed by atoms with Crippen molar-refractivity contribution in [2.75, 3.05) is 5.90 Å². The maximum Gasteiger partial charge on any atom is 0.00349 e. The Hall–Kier alpha value is -0.960. The van der Waals surface area contributed by atoms with Gasteiger partial charge in [-0.25, -0.2) is 0 Å². The Labute approximate surface area is 143 Å². The number of rotatable bonds is 3. The molecule has 3 rings (SSSR count). The van der Waals surface area contributed by atoms with E-state index in [9.17, 15) is 0 Å². The number of hydrogen-bond donors (Lipinski definition) is 0. The third-order valence-electron chi connectivity index (χ3n) is 4.33. The first-order valence-corrected chi connectivity index (χ1v) is 11.5. The van der Waals surface area contributed by atoms with Crippen LogP contribution < -0.4 is 10.6 Å². The lowest BCUT2D eigenvalue weighted by molar-refractivity contribution is 0.529. The van der Waals surface area contributed by atoms with Crippen molar-refractivity contribution >= 4 is 26.5 Å². The van der Waals surface area contributed by atoms with Crippen LogP contribution in [0.3, 0.4) is 0 Å². The van der Waals surface area contributed by atoms with E-state index in [2.05, 4.69) is 88.4 Å². The summed E-state index contributed by atoms with van der Waals surface area (Å²) in [6, 6.07) is 22.4. The molecule has 23 heavy (non-hydrogen) atoms. The van der Waals surface area contributed by atoms with E-state index in [4.69, 9.17) is 0 Å². The molecule has 0 nitrogen and oxygen atoms in total. The van der Waals surface area contributed by atoms with Crippen LogP contribution in [0.2, 0.25) is 0 Å². The predicted molar refractivity (Wildman–Crippen MR) is 108 cm³/mol. The molecule has 1 aliphatic heterocycles. The van der Waals surface area contributed by atoms with Crippen LogP contribution in [0.5, 0.6) is 0 Å². The van der Waals surface area contributed by atoms with Crippen molar-refractivity contribution < 1.29 is 0 Å². The zero-order chi connectivity index (χ0) is 16.4. The van der Waals surface area contributed by atoms with Gasteiger partial charge in [-0.2, -0.15) is 0 Å². The Kier molecular flexibility index (Phi) is 5.05. The van der Waals surface area contributed by atoms with Crippen molar-refractivity contribution in [3.63, 3.8) is 0 Å². The lowest BCUT2D eigenvalue weighted by Crippen LogP contribution is -2.13. The van der Waals surface area contributed by atoms with Gasteiger partial charge in [0.15, 0.2) is 0 Å². The topological polar surface area (TPSA) is 0 Å². The molecule has 2 aromatic rings. The maximum absolute atomic E-state index is 2.40. The fraction of sp³-hybridized carbons (Fsp3) is 0.333. The van der Waals surface area contributed by atoms with Gasteiger partial charge in [0.1, 0.15) is 0 Å². The lowest BCUT2D eigenvalue weighted by Gasteiger charge is -2.28. The average Bonchev–Trinajstić information content (AvgIpc) is 2.96. The summed E-state index contributed by atoms with van der Waals surface area (Å²) in [5.41, 5.74) is 0.263. The second-order valence-electron chi connectivity index (χ2n) is 7.07. The van der Waals surface area contributed by atoms with E-state index in [1.54, 1.807) is 21.2 Å². The molecule has 0 amide bonds. The van der Waals surface area contributed by atoms with Crippen molar-refractivity contribution in [1.82, 2.24) is 0 Å². The van der Waals surface area contributed by atoms with Gasteiger partial charge < -0.3 is 0 Å². The van der Waals surface area contributed by atoms with Crippen molar-refractivity contribution in [2.24, 2.45) is 5.41 Å². The minimum atomic E-state index is -0.191. The van der Waals surface area contributed by atoms with Crippen LogP contribution in [0.15, 0.2) is 71.3 Å². The third-order valence-corrected chi connectivity index (χ3v) is 11.3. The van der Waals surface area contributed by atoms with Crippen molar-refractivity contribution in [2.45, 2.75) is 34.1 Å². The molecule has 1 aliphatic rings. The molecule has 2 heteroatoms. The van der Waals surface area contributed by atoms with E-state index >= 15 is 0 Å².